The number of sulfone groups is 1. The quantitative estimate of drug-likeness (QED) is 0.318. The first-order valence-corrected chi connectivity index (χ1v) is 8.60. The van der Waals surface area contributed by atoms with Gasteiger partial charge in [0.1, 0.15) is 9.84 Å². The van der Waals surface area contributed by atoms with Gasteiger partial charge in [-0.2, -0.15) is 0 Å². The van der Waals surface area contributed by atoms with E-state index in [1.54, 1.807) is 18.4 Å². The molecule has 0 aliphatic rings. The second-order valence-corrected chi connectivity index (χ2v) is 7.21. The van der Waals surface area contributed by atoms with Gasteiger partial charge in [0.15, 0.2) is 5.96 Å². The first kappa shape index (κ1) is 18.7. The number of nitrogens with one attached hydrogen (secondary N) is 2. The molecule has 1 aromatic heterocycles. The van der Waals surface area contributed by atoms with E-state index < -0.39 is 9.84 Å². The molecule has 0 atom stereocenters. The van der Waals surface area contributed by atoms with Crippen LogP contribution in [0, 0.1) is 0 Å². The fraction of sp³-hybridized carbons (Fsp3) is 0.545. The number of thiophene rings is 1. The zero-order chi connectivity index (χ0) is 13.4. The Balaban J connectivity index is 0.00000324. The first-order valence-electron chi connectivity index (χ1n) is 5.66. The highest BCUT2D eigenvalue weighted by molar-refractivity contribution is 14.0. The molecular formula is C11H20IN3O2S2. The van der Waals surface area contributed by atoms with Crippen LogP contribution in [0.3, 0.4) is 0 Å². The van der Waals surface area contributed by atoms with Crippen LogP contribution in [0.4, 0.5) is 0 Å². The summed E-state index contributed by atoms with van der Waals surface area (Å²) in [6.45, 7) is 1.32. The largest absolute Gasteiger partial charge is 0.356 e. The van der Waals surface area contributed by atoms with Gasteiger partial charge in [0.05, 0.1) is 12.3 Å². The van der Waals surface area contributed by atoms with Gasteiger partial charge in [-0.1, -0.05) is 6.07 Å². The maximum Gasteiger partial charge on any atom is 0.191 e. The van der Waals surface area contributed by atoms with Crippen LogP contribution in [0.15, 0.2) is 22.5 Å². The number of halogens is 1. The highest BCUT2D eigenvalue weighted by Gasteiger charge is 2.02. The van der Waals surface area contributed by atoms with E-state index in [1.165, 1.54) is 11.1 Å². The molecule has 1 rings (SSSR count). The van der Waals surface area contributed by atoms with E-state index in [2.05, 4.69) is 21.7 Å². The third-order valence-corrected chi connectivity index (χ3v) is 4.12. The lowest BCUT2D eigenvalue weighted by Gasteiger charge is -2.10. The second kappa shape index (κ2) is 9.54. The molecule has 2 N–H and O–H groups in total. The molecule has 0 aliphatic heterocycles. The number of rotatable bonds is 6. The molecule has 0 radical (unpaired) electrons. The lowest BCUT2D eigenvalue weighted by atomic mass is 10.4. The summed E-state index contributed by atoms with van der Waals surface area (Å²) in [6.07, 6.45) is 1.83. The van der Waals surface area contributed by atoms with Gasteiger partial charge in [0.25, 0.3) is 0 Å². The normalized spacial score (nSPS) is 11.8. The lowest BCUT2D eigenvalue weighted by Crippen LogP contribution is -2.37. The number of guanidine groups is 1. The van der Waals surface area contributed by atoms with Gasteiger partial charge in [0.2, 0.25) is 0 Å². The van der Waals surface area contributed by atoms with Gasteiger partial charge >= 0.3 is 0 Å². The average molecular weight is 417 g/mol. The molecule has 0 aromatic carbocycles. The second-order valence-electron chi connectivity index (χ2n) is 3.92. The Hall–Kier alpha value is -0.350. The van der Waals surface area contributed by atoms with Crippen molar-refractivity contribution in [3.63, 3.8) is 0 Å². The predicted molar refractivity (Wildman–Crippen MR) is 92.3 cm³/mol. The van der Waals surface area contributed by atoms with Gasteiger partial charge in [-0.05, 0) is 17.9 Å². The van der Waals surface area contributed by atoms with E-state index in [9.17, 15) is 8.42 Å². The molecule has 0 aliphatic carbocycles. The van der Waals surface area contributed by atoms with Crippen molar-refractivity contribution in [3.8, 4) is 0 Å². The maximum absolute atomic E-state index is 11.0. The van der Waals surface area contributed by atoms with Crippen LogP contribution >= 0.6 is 35.3 Å². The minimum atomic E-state index is -2.88. The molecule has 1 aromatic rings. The van der Waals surface area contributed by atoms with Crippen LogP contribution in [0.25, 0.3) is 0 Å². The van der Waals surface area contributed by atoms with Crippen molar-refractivity contribution in [3.05, 3.63) is 22.4 Å². The molecule has 0 saturated heterocycles. The van der Waals surface area contributed by atoms with E-state index in [-0.39, 0.29) is 29.7 Å². The van der Waals surface area contributed by atoms with Gasteiger partial charge in [0, 0.05) is 24.7 Å². The molecule has 8 heteroatoms. The highest BCUT2D eigenvalue weighted by Crippen LogP contribution is 2.06. The summed E-state index contributed by atoms with van der Waals surface area (Å²) >= 11 is 1.68. The predicted octanol–water partition coefficient (Wildman–Crippen LogP) is 1.47. The summed E-state index contributed by atoms with van der Waals surface area (Å²) in [5, 5.41) is 8.28. The SMILES string of the molecule is CN=C(NCCCS(C)(=O)=O)NCc1cccs1.I. The lowest BCUT2D eigenvalue weighted by molar-refractivity contribution is 0.598. The van der Waals surface area contributed by atoms with Crippen molar-refractivity contribution in [1.82, 2.24) is 10.6 Å². The summed E-state index contributed by atoms with van der Waals surface area (Å²) in [5.41, 5.74) is 0. The van der Waals surface area contributed by atoms with Gasteiger partial charge in [-0.25, -0.2) is 8.42 Å². The minimum Gasteiger partial charge on any atom is -0.356 e. The number of nitrogens with zero attached hydrogens (tertiary/aromatic N) is 1. The van der Waals surface area contributed by atoms with Crippen LogP contribution in [0.2, 0.25) is 0 Å². The van der Waals surface area contributed by atoms with Crippen molar-refractivity contribution in [2.45, 2.75) is 13.0 Å². The topological polar surface area (TPSA) is 70.6 Å². The minimum absolute atomic E-state index is 0. The molecule has 19 heavy (non-hydrogen) atoms. The molecule has 5 nitrogen and oxygen atoms in total. The molecule has 0 unspecified atom stereocenters. The zero-order valence-electron chi connectivity index (χ0n) is 11.0. The van der Waals surface area contributed by atoms with Gasteiger partial charge < -0.3 is 10.6 Å². The van der Waals surface area contributed by atoms with E-state index in [0.717, 1.165) is 6.54 Å². The molecule has 1 heterocycles. The Morgan fingerprint density at radius 3 is 2.68 bits per heavy atom. The Labute approximate surface area is 135 Å². The third kappa shape index (κ3) is 9.22. The molecule has 0 saturated carbocycles. The highest BCUT2D eigenvalue weighted by atomic mass is 127. The summed E-state index contributed by atoms with van der Waals surface area (Å²) in [4.78, 5) is 5.30. The van der Waals surface area contributed by atoms with E-state index >= 15 is 0 Å². The summed E-state index contributed by atoms with van der Waals surface area (Å²) in [5.74, 6) is 0.888. The van der Waals surface area contributed by atoms with Crippen LogP contribution in [-0.4, -0.2) is 40.0 Å². The van der Waals surface area contributed by atoms with Crippen molar-refractivity contribution in [2.24, 2.45) is 4.99 Å². The standard InChI is InChI=1S/C11H19N3O2S2.HI/c1-12-11(13-6-4-8-18(2,15)16)14-9-10-5-3-7-17-10;/h3,5,7H,4,6,8-9H2,1-2H3,(H2,12,13,14);1H. The Morgan fingerprint density at radius 2 is 2.16 bits per heavy atom. The Bertz CT molecular complexity index is 472. The van der Waals surface area contributed by atoms with Crippen LogP contribution in [0.1, 0.15) is 11.3 Å². The molecule has 110 valence electrons. The van der Waals surface area contributed by atoms with Gasteiger partial charge in [-0.3, -0.25) is 4.99 Å². The van der Waals surface area contributed by atoms with E-state index in [1.807, 2.05) is 11.4 Å². The number of hydrogen-bond donors (Lipinski definition) is 2. The van der Waals surface area contributed by atoms with Crippen molar-refractivity contribution < 1.29 is 8.42 Å². The number of aliphatic imine (C=N–C) groups is 1. The summed E-state index contributed by atoms with van der Waals surface area (Å²) in [6, 6.07) is 4.05. The first-order chi connectivity index (χ1) is 8.51. The fourth-order valence-corrected chi connectivity index (χ4v) is 2.66. The number of hydrogen-bond acceptors (Lipinski definition) is 4. The van der Waals surface area contributed by atoms with Crippen LogP contribution in [0.5, 0.6) is 0 Å². The van der Waals surface area contributed by atoms with Crippen molar-refractivity contribution in [1.29, 1.82) is 0 Å². The van der Waals surface area contributed by atoms with E-state index in [4.69, 9.17) is 0 Å². The van der Waals surface area contributed by atoms with Crippen LogP contribution in [-0.2, 0) is 16.4 Å². The van der Waals surface area contributed by atoms with Crippen LogP contribution < -0.4 is 10.6 Å². The molecule has 0 spiro atoms. The average Bonchev–Trinajstić information content (AvgIpc) is 2.79. The van der Waals surface area contributed by atoms with Crippen molar-refractivity contribution in [2.75, 3.05) is 25.6 Å². The molecular weight excluding hydrogens is 397 g/mol. The maximum atomic E-state index is 11.0. The van der Waals surface area contributed by atoms with Gasteiger partial charge in [-0.15, -0.1) is 35.3 Å². The molecule has 0 bridgehead atoms. The monoisotopic (exact) mass is 417 g/mol. The molecule has 0 fully saturated rings. The molecule has 0 amide bonds. The summed E-state index contributed by atoms with van der Waals surface area (Å²) in [7, 11) is -1.18. The van der Waals surface area contributed by atoms with E-state index in [0.29, 0.717) is 18.9 Å². The third-order valence-electron chi connectivity index (χ3n) is 2.22. The van der Waals surface area contributed by atoms with Crippen molar-refractivity contribution >= 4 is 51.1 Å². The fourth-order valence-electron chi connectivity index (χ4n) is 1.35. The Morgan fingerprint density at radius 1 is 1.42 bits per heavy atom. The zero-order valence-corrected chi connectivity index (χ0v) is 15.0. The Kier molecular flexibility index (Phi) is 9.36. The smallest absolute Gasteiger partial charge is 0.191 e. The summed E-state index contributed by atoms with van der Waals surface area (Å²) < 4.78 is 21.9.